The lowest BCUT2D eigenvalue weighted by Crippen LogP contribution is -2.12. The highest BCUT2D eigenvalue weighted by molar-refractivity contribution is 7.29. The lowest BCUT2D eigenvalue weighted by Gasteiger charge is -2.10. The van der Waals surface area contributed by atoms with Crippen molar-refractivity contribution in [1.29, 1.82) is 0 Å². The zero-order valence-electron chi connectivity index (χ0n) is 70.7. The molecule has 0 bridgehead atoms. The zero-order chi connectivity index (χ0) is 82.4. The molecular formula is C102H126O12S3. The fraction of sp³-hybridized carbons (Fsp3) is 0.471. The highest BCUT2D eigenvalue weighted by atomic mass is 32.1. The molecule has 0 aliphatic carbocycles. The molecule has 0 atom stereocenters. The quantitative estimate of drug-likeness (QED) is 0.0263. The van der Waals surface area contributed by atoms with Crippen LogP contribution in [0.4, 0.5) is 0 Å². The van der Waals surface area contributed by atoms with E-state index in [9.17, 15) is 0 Å². The van der Waals surface area contributed by atoms with Crippen LogP contribution in [0.3, 0.4) is 0 Å². The number of esters is 6. The SMILES string of the molecule is CCCCCCCCc1ccc(C(=O)Oc2sc3c(c2OC(=O)c2ccc(CCCCCCCC)cc2)c2sc(OC(=O)c4ccc(CCCCCCCC)cc4)c(OC(=O)c4ccc(CCCCCCCC)cc4)c2c2sc(OC(=O)c4ccc(CCCCCCCC)cc4)c(OC(=O)c4ccc(CCCCCCCC)cc4)c32)cc1. The molecule has 117 heavy (non-hydrogen) atoms. The first-order valence-corrected chi connectivity index (χ1v) is 47.1. The van der Waals surface area contributed by atoms with Gasteiger partial charge in [-0.15, -0.1) is 0 Å². The van der Waals surface area contributed by atoms with Gasteiger partial charge in [0.1, 0.15) is 0 Å². The average Bonchev–Trinajstić information content (AvgIpc) is 1.54. The van der Waals surface area contributed by atoms with Crippen LogP contribution in [-0.4, -0.2) is 35.8 Å². The van der Waals surface area contributed by atoms with E-state index in [0.717, 1.165) is 221 Å². The molecule has 0 aliphatic rings. The monoisotopic (exact) mass is 1640 g/mol. The van der Waals surface area contributed by atoms with E-state index in [1.807, 2.05) is 72.8 Å². The van der Waals surface area contributed by atoms with Crippen molar-refractivity contribution in [2.45, 2.75) is 311 Å². The van der Waals surface area contributed by atoms with Crippen molar-refractivity contribution in [1.82, 2.24) is 0 Å². The highest BCUT2D eigenvalue weighted by Crippen LogP contribution is 2.62. The summed E-state index contributed by atoms with van der Waals surface area (Å²) in [6.45, 7) is 13.3. The van der Waals surface area contributed by atoms with Crippen LogP contribution in [-0.2, 0) is 38.5 Å². The number of hydrogen-bond acceptors (Lipinski definition) is 15. The normalized spacial score (nSPS) is 11.4. The summed E-state index contributed by atoms with van der Waals surface area (Å²) in [5.41, 5.74) is 7.81. The maximum atomic E-state index is 15.3. The molecule has 0 saturated heterocycles. The molecule has 3 aromatic heterocycles. The lowest BCUT2D eigenvalue weighted by atomic mass is 10.0. The van der Waals surface area contributed by atoms with Crippen LogP contribution < -0.4 is 28.4 Å². The maximum Gasteiger partial charge on any atom is 0.344 e. The Hall–Kier alpha value is -8.76. The molecule has 0 spiro atoms. The van der Waals surface area contributed by atoms with Gasteiger partial charge in [0.25, 0.3) is 0 Å². The van der Waals surface area contributed by atoms with Gasteiger partial charge in [-0.05, 0) is 183 Å². The first kappa shape index (κ1) is 90.6. The first-order chi connectivity index (χ1) is 57.3. The van der Waals surface area contributed by atoms with Gasteiger partial charge in [0.2, 0.25) is 15.2 Å². The van der Waals surface area contributed by atoms with E-state index in [1.165, 1.54) is 116 Å². The second-order valence-corrected chi connectivity index (χ2v) is 34.8. The van der Waals surface area contributed by atoms with Gasteiger partial charge < -0.3 is 28.4 Å². The standard InChI is InChI=1S/C102H126O12S3/c1-7-13-19-25-31-37-43-73-49-61-79(62-50-73)94(103)109-88-85-91(115-100(88)112-97(106)82-67-55-76(56-68-82)46-40-34-28-22-16-10-4)86-89(110-95(104)80-63-51-74(52-64-80)44-38-32-26-20-14-8-2)102(114-99(108)84-71-59-78(60-72-84)48-42-36-30-24-18-12-6)117-93(86)87-90(111-96(105)81-65-53-75(54-66-81)45-39-33-27-21-15-9-3)101(116-92(85)87)113-98(107)83-69-57-77(58-70-83)47-41-35-29-23-17-11-5/h49-72H,7-48H2,1-6H3. The smallest absolute Gasteiger partial charge is 0.344 e. The molecule has 15 heteroatoms. The number of aryl methyl sites for hydroxylation is 6. The summed E-state index contributed by atoms with van der Waals surface area (Å²) in [4.78, 5) is 91.3. The summed E-state index contributed by atoms with van der Waals surface area (Å²) in [6.07, 6.45) is 46.1. The van der Waals surface area contributed by atoms with Crippen molar-refractivity contribution < 1.29 is 57.2 Å². The van der Waals surface area contributed by atoms with Crippen LogP contribution in [0, 0.1) is 0 Å². The van der Waals surface area contributed by atoms with E-state index in [1.54, 1.807) is 72.8 Å². The molecule has 0 fully saturated rings. The molecule has 0 aliphatic heterocycles. The van der Waals surface area contributed by atoms with Crippen LogP contribution in [0.15, 0.2) is 146 Å². The number of carbonyl (C=O) groups excluding carboxylic acids is 6. The van der Waals surface area contributed by atoms with Crippen molar-refractivity contribution in [3.05, 3.63) is 212 Å². The molecule has 10 aromatic rings. The minimum absolute atomic E-state index is 0.135. The maximum absolute atomic E-state index is 15.3. The third-order valence-corrected chi connectivity index (χ3v) is 25.6. The molecule has 0 saturated carbocycles. The topological polar surface area (TPSA) is 158 Å². The Kier molecular flexibility index (Phi) is 38.4. The van der Waals surface area contributed by atoms with Crippen molar-refractivity contribution in [3.63, 3.8) is 0 Å². The fourth-order valence-electron chi connectivity index (χ4n) is 15.2. The third kappa shape index (κ3) is 27.7. The Bertz CT molecular complexity index is 4210. The molecule has 624 valence electrons. The number of unbranched alkanes of at least 4 members (excludes halogenated alkanes) is 30. The number of carbonyl (C=O) groups is 6. The zero-order valence-corrected chi connectivity index (χ0v) is 73.1. The van der Waals surface area contributed by atoms with E-state index >= 15 is 28.8 Å². The van der Waals surface area contributed by atoms with Crippen LogP contribution >= 0.6 is 34.0 Å². The number of fused-ring (bicyclic) bond motifs is 6. The first-order valence-electron chi connectivity index (χ1n) is 44.7. The summed E-state index contributed by atoms with van der Waals surface area (Å²) in [5, 5.41) is 0.105. The van der Waals surface area contributed by atoms with Crippen molar-refractivity contribution in [3.8, 4) is 32.4 Å². The number of rotatable bonds is 54. The number of thiophene rings is 3. The van der Waals surface area contributed by atoms with E-state index in [4.69, 9.17) is 28.4 Å². The van der Waals surface area contributed by atoms with Crippen LogP contribution in [0.2, 0.25) is 0 Å². The Morgan fingerprint density at radius 1 is 0.197 bits per heavy atom. The molecule has 0 amide bonds. The minimum atomic E-state index is -0.773. The number of ether oxygens (including phenoxy) is 6. The van der Waals surface area contributed by atoms with Crippen molar-refractivity contribution in [2.24, 2.45) is 0 Å². The van der Waals surface area contributed by atoms with Crippen LogP contribution in [0.5, 0.6) is 32.4 Å². The predicted octanol–water partition coefficient (Wildman–Crippen LogP) is 30.1. The molecule has 12 nitrogen and oxygen atoms in total. The van der Waals surface area contributed by atoms with Gasteiger partial charge in [-0.3, -0.25) is 0 Å². The Morgan fingerprint density at radius 3 is 0.504 bits per heavy atom. The van der Waals surface area contributed by atoms with Gasteiger partial charge in [-0.2, -0.15) is 0 Å². The van der Waals surface area contributed by atoms with Crippen LogP contribution in [0.1, 0.15) is 368 Å². The van der Waals surface area contributed by atoms with Gasteiger partial charge in [-0.25, -0.2) is 28.8 Å². The van der Waals surface area contributed by atoms with Crippen molar-refractivity contribution >= 4 is 100 Å². The van der Waals surface area contributed by atoms with E-state index in [2.05, 4.69) is 41.5 Å². The Balaban J connectivity index is 1.17. The predicted molar refractivity (Wildman–Crippen MR) is 483 cm³/mol. The lowest BCUT2D eigenvalue weighted by molar-refractivity contribution is 0.0690. The minimum Gasteiger partial charge on any atom is -0.417 e. The highest BCUT2D eigenvalue weighted by Gasteiger charge is 2.36. The molecule has 10 rings (SSSR count). The largest absolute Gasteiger partial charge is 0.417 e. The number of hydrogen-bond donors (Lipinski definition) is 0. The third-order valence-electron chi connectivity index (χ3n) is 22.4. The van der Waals surface area contributed by atoms with Gasteiger partial charge in [0, 0.05) is 0 Å². The summed E-state index contributed by atoms with van der Waals surface area (Å²) in [5.74, 6) is -5.09. The summed E-state index contributed by atoms with van der Waals surface area (Å²) < 4.78 is 40.9. The second kappa shape index (κ2) is 49.6. The summed E-state index contributed by atoms with van der Waals surface area (Å²) >= 11 is 2.91. The van der Waals surface area contributed by atoms with E-state index in [0.29, 0.717) is 0 Å². The summed E-state index contributed by atoms with van der Waals surface area (Å²) in [7, 11) is 0. The Labute approximate surface area is 708 Å². The van der Waals surface area contributed by atoms with Crippen LogP contribution in [0.25, 0.3) is 30.3 Å². The van der Waals surface area contributed by atoms with Gasteiger partial charge in [-0.1, -0.05) is 341 Å². The van der Waals surface area contributed by atoms with E-state index < -0.39 is 35.8 Å². The molecule has 0 unspecified atom stereocenters. The molecule has 7 aromatic carbocycles. The van der Waals surface area contributed by atoms with Gasteiger partial charge in [0.15, 0.2) is 17.2 Å². The average molecular weight is 1640 g/mol. The van der Waals surface area contributed by atoms with E-state index in [-0.39, 0.29) is 96.1 Å². The second-order valence-electron chi connectivity index (χ2n) is 31.9. The number of benzene rings is 7. The fourth-order valence-corrected chi connectivity index (χ4v) is 18.8. The Morgan fingerprint density at radius 2 is 0.342 bits per heavy atom. The molecule has 0 radical (unpaired) electrons. The summed E-state index contributed by atoms with van der Waals surface area (Å²) in [6, 6.07) is 44.1. The molecular weight excluding hydrogens is 1510 g/mol. The van der Waals surface area contributed by atoms with Gasteiger partial charge >= 0.3 is 35.8 Å². The van der Waals surface area contributed by atoms with Crippen molar-refractivity contribution in [2.75, 3.05) is 0 Å². The van der Waals surface area contributed by atoms with Gasteiger partial charge in [0.05, 0.1) is 63.6 Å². The molecule has 0 N–H and O–H groups in total. The molecule has 3 heterocycles.